The van der Waals surface area contributed by atoms with Crippen LogP contribution in [0.5, 0.6) is 0 Å². The first-order valence-corrected chi connectivity index (χ1v) is 8.89. The number of hydrogen-bond donors (Lipinski definition) is 0. The maximum absolute atomic E-state index is 12.9. The number of carbonyl (C=O) groups is 1. The number of nitrogens with zero attached hydrogens (tertiary/aromatic N) is 3. The topological polar surface area (TPSA) is 38.1 Å². The first kappa shape index (κ1) is 15.2. The van der Waals surface area contributed by atoms with Gasteiger partial charge in [0.2, 0.25) is 0 Å². The molecule has 0 aliphatic carbocycles. The van der Waals surface area contributed by atoms with Gasteiger partial charge in [0.05, 0.1) is 6.20 Å². The summed E-state index contributed by atoms with van der Waals surface area (Å²) in [4.78, 5) is 19.3. The van der Waals surface area contributed by atoms with Crippen LogP contribution in [0.1, 0.15) is 30.3 Å². The van der Waals surface area contributed by atoms with Crippen molar-refractivity contribution in [3.05, 3.63) is 42.2 Å². The van der Waals surface area contributed by atoms with Gasteiger partial charge in [-0.25, -0.2) is 4.98 Å². The Morgan fingerprint density at radius 2 is 2.09 bits per heavy atom. The second-order valence-electron chi connectivity index (χ2n) is 5.80. The van der Waals surface area contributed by atoms with Crippen LogP contribution in [0.25, 0.3) is 5.69 Å². The number of aromatic nitrogens is 2. The van der Waals surface area contributed by atoms with Gasteiger partial charge >= 0.3 is 0 Å². The standard InChI is InChI=1S/C17H21N3OS/c1-13-7-6-10-19(12-13)16(21)15-11-18-17(22-2)20(15)14-8-4-3-5-9-14/h3-5,8-9,11,13H,6-7,10,12H2,1-2H3. The van der Waals surface area contributed by atoms with Crippen LogP contribution in [-0.2, 0) is 0 Å². The maximum atomic E-state index is 12.9. The fourth-order valence-electron chi connectivity index (χ4n) is 2.99. The molecule has 0 saturated carbocycles. The molecule has 3 rings (SSSR count). The molecule has 116 valence electrons. The summed E-state index contributed by atoms with van der Waals surface area (Å²) >= 11 is 1.56. The Hall–Kier alpha value is -1.75. The predicted octanol–water partition coefficient (Wildman–Crippen LogP) is 3.47. The molecule has 1 aromatic heterocycles. The average molecular weight is 315 g/mol. The molecule has 0 radical (unpaired) electrons. The lowest BCUT2D eigenvalue weighted by Gasteiger charge is -2.31. The summed E-state index contributed by atoms with van der Waals surface area (Å²) in [6, 6.07) is 9.97. The number of hydrogen-bond acceptors (Lipinski definition) is 3. The second kappa shape index (κ2) is 6.57. The van der Waals surface area contributed by atoms with Crippen LogP contribution in [0.15, 0.2) is 41.7 Å². The van der Waals surface area contributed by atoms with Crippen molar-refractivity contribution in [2.75, 3.05) is 19.3 Å². The molecule has 1 amide bonds. The van der Waals surface area contributed by atoms with Gasteiger partial charge < -0.3 is 4.90 Å². The Bertz CT molecular complexity index is 653. The van der Waals surface area contributed by atoms with Crippen molar-refractivity contribution in [1.82, 2.24) is 14.5 Å². The summed E-state index contributed by atoms with van der Waals surface area (Å²) in [5, 5.41) is 0.847. The molecular weight excluding hydrogens is 294 g/mol. The monoisotopic (exact) mass is 315 g/mol. The number of piperidine rings is 1. The van der Waals surface area contributed by atoms with Crippen molar-refractivity contribution in [1.29, 1.82) is 0 Å². The van der Waals surface area contributed by atoms with E-state index < -0.39 is 0 Å². The van der Waals surface area contributed by atoms with E-state index in [2.05, 4.69) is 11.9 Å². The predicted molar refractivity (Wildman–Crippen MR) is 89.6 cm³/mol. The minimum atomic E-state index is 0.0863. The zero-order valence-corrected chi connectivity index (χ0v) is 13.8. The highest BCUT2D eigenvalue weighted by molar-refractivity contribution is 7.98. The summed E-state index contributed by atoms with van der Waals surface area (Å²) in [6.07, 6.45) is 5.99. The smallest absolute Gasteiger partial charge is 0.272 e. The van der Waals surface area contributed by atoms with E-state index in [9.17, 15) is 4.79 Å². The Morgan fingerprint density at radius 1 is 1.32 bits per heavy atom. The highest BCUT2D eigenvalue weighted by Gasteiger charge is 2.26. The molecule has 2 aromatic rings. The van der Waals surface area contributed by atoms with Crippen LogP contribution in [-0.4, -0.2) is 39.7 Å². The van der Waals surface area contributed by atoms with Gasteiger partial charge in [0.25, 0.3) is 5.91 Å². The van der Waals surface area contributed by atoms with E-state index in [0.29, 0.717) is 11.6 Å². The Balaban J connectivity index is 1.97. The first-order chi connectivity index (χ1) is 10.7. The number of para-hydroxylation sites is 1. The van der Waals surface area contributed by atoms with E-state index in [0.717, 1.165) is 30.4 Å². The molecule has 5 heteroatoms. The summed E-state index contributed by atoms with van der Waals surface area (Å²) in [6.45, 7) is 3.90. The van der Waals surface area contributed by atoms with E-state index in [-0.39, 0.29) is 5.91 Å². The van der Waals surface area contributed by atoms with Crippen LogP contribution in [0.2, 0.25) is 0 Å². The Morgan fingerprint density at radius 3 is 2.77 bits per heavy atom. The molecule has 1 aromatic carbocycles. The molecule has 1 atom stereocenters. The van der Waals surface area contributed by atoms with Crippen LogP contribution >= 0.6 is 11.8 Å². The van der Waals surface area contributed by atoms with Crippen molar-refractivity contribution in [3.8, 4) is 5.69 Å². The lowest BCUT2D eigenvalue weighted by molar-refractivity contribution is 0.0674. The van der Waals surface area contributed by atoms with Crippen molar-refractivity contribution in [2.45, 2.75) is 24.9 Å². The molecule has 4 nitrogen and oxygen atoms in total. The number of rotatable bonds is 3. The highest BCUT2D eigenvalue weighted by Crippen LogP contribution is 2.24. The molecule has 1 saturated heterocycles. The minimum absolute atomic E-state index is 0.0863. The molecule has 22 heavy (non-hydrogen) atoms. The third-order valence-electron chi connectivity index (χ3n) is 4.09. The van der Waals surface area contributed by atoms with Gasteiger partial charge in [0.1, 0.15) is 5.69 Å². The van der Waals surface area contributed by atoms with E-state index in [1.165, 1.54) is 6.42 Å². The van der Waals surface area contributed by atoms with E-state index in [1.54, 1.807) is 18.0 Å². The molecule has 1 fully saturated rings. The zero-order chi connectivity index (χ0) is 15.5. The lowest BCUT2D eigenvalue weighted by Crippen LogP contribution is -2.39. The number of carbonyl (C=O) groups excluding carboxylic acids is 1. The minimum Gasteiger partial charge on any atom is -0.337 e. The third kappa shape index (κ3) is 2.90. The normalized spacial score (nSPS) is 18.5. The van der Waals surface area contributed by atoms with Crippen LogP contribution < -0.4 is 0 Å². The molecule has 1 aliphatic rings. The summed E-state index contributed by atoms with van der Waals surface area (Å²) in [5.41, 5.74) is 1.64. The first-order valence-electron chi connectivity index (χ1n) is 7.67. The van der Waals surface area contributed by atoms with E-state index in [4.69, 9.17) is 0 Å². The van der Waals surface area contributed by atoms with E-state index >= 15 is 0 Å². The van der Waals surface area contributed by atoms with Gasteiger partial charge in [0.15, 0.2) is 5.16 Å². The summed E-state index contributed by atoms with van der Waals surface area (Å²) < 4.78 is 1.96. The van der Waals surface area contributed by atoms with Gasteiger partial charge in [-0.1, -0.05) is 36.9 Å². The summed E-state index contributed by atoms with van der Waals surface area (Å²) in [5.74, 6) is 0.661. The fraction of sp³-hybridized carbons (Fsp3) is 0.412. The molecule has 0 bridgehead atoms. The largest absolute Gasteiger partial charge is 0.337 e. The van der Waals surface area contributed by atoms with Crippen molar-refractivity contribution < 1.29 is 4.79 Å². The van der Waals surface area contributed by atoms with Crippen molar-refractivity contribution in [2.24, 2.45) is 5.92 Å². The van der Waals surface area contributed by atoms with Crippen molar-refractivity contribution in [3.63, 3.8) is 0 Å². The number of likely N-dealkylation sites (tertiary alicyclic amines) is 1. The number of thioether (sulfide) groups is 1. The Labute approximate surface area is 135 Å². The zero-order valence-electron chi connectivity index (χ0n) is 13.0. The molecule has 0 N–H and O–H groups in total. The van der Waals surface area contributed by atoms with Gasteiger partial charge in [-0.3, -0.25) is 9.36 Å². The Kier molecular flexibility index (Phi) is 4.52. The molecule has 1 unspecified atom stereocenters. The second-order valence-corrected chi connectivity index (χ2v) is 6.57. The van der Waals surface area contributed by atoms with Gasteiger partial charge in [-0.2, -0.15) is 0 Å². The third-order valence-corrected chi connectivity index (χ3v) is 4.74. The molecule has 1 aliphatic heterocycles. The molecule has 2 heterocycles. The van der Waals surface area contributed by atoms with E-state index in [1.807, 2.05) is 46.1 Å². The maximum Gasteiger partial charge on any atom is 0.272 e. The lowest BCUT2D eigenvalue weighted by atomic mass is 10.00. The van der Waals surface area contributed by atoms with Gasteiger partial charge in [-0.15, -0.1) is 0 Å². The van der Waals surface area contributed by atoms with Crippen LogP contribution in [0.4, 0.5) is 0 Å². The average Bonchev–Trinajstić information content (AvgIpc) is 2.99. The molecular formula is C17H21N3OS. The van der Waals surface area contributed by atoms with Crippen LogP contribution in [0.3, 0.4) is 0 Å². The quantitative estimate of drug-likeness (QED) is 0.814. The highest BCUT2D eigenvalue weighted by atomic mass is 32.2. The number of benzene rings is 1. The SMILES string of the molecule is CSc1ncc(C(=O)N2CCCC(C)C2)n1-c1ccccc1. The van der Waals surface area contributed by atoms with Gasteiger partial charge in [0, 0.05) is 18.8 Å². The van der Waals surface area contributed by atoms with Gasteiger partial charge in [-0.05, 0) is 37.1 Å². The number of amides is 1. The van der Waals surface area contributed by atoms with Crippen molar-refractivity contribution >= 4 is 17.7 Å². The number of imidazole rings is 1. The fourth-order valence-corrected chi connectivity index (χ4v) is 3.54. The molecule has 0 spiro atoms. The summed E-state index contributed by atoms with van der Waals surface area (Å²) in [7, 11) is 0. The van der Waals surface area contributed by atoms with Crippen LogP contribution in [0, 0.1) is 5.92 Å².